The molecule has 1 aromatic rings. The molecule has 5 nitrogen and oxygen atoms in total. The Labute approximate surface area is 176 Å². The standard InChI is InChI=1S/C24H39N3O2/c1-17(2)22(26-21(28)13-20-10-8-7-9-11-20)23(29)25-16-24(5,6)27-14-18(3)12-19(4)15-27/h7-11,17-19,22H,12-16H2,1-6H3,(H,25,29)(H,26,28). The zero-order chi connectivity index (χ0) is 21.6. The molecule has 1 aliphatic rings. The molecule has 0 saturated carbocycles. The zero-order valence-corrected chi connectivity index (χ0v) is 19.0. The summed E-state index contributed by atoms with van der Waals surface area (Å²) in [6.07, 6.45) is 1.55. The molecule has 0 aliphatic carbocycles. The highest BCUT2D eigenvalue weighted by molar-refractivity contribution is 5.88. The highest BCUT2D eigenvalue weighted by Gasteiger charge is 2.34. The Morgan fingerprint density at radius 2 is 1.69 bits per heavy atom. The molecule has 0 radical (unpaired) electrons. The molecule has 1 fully saturated rings. The monoisotopic (exact) mass is 401 g/mol. The molecule has 1 heterocycles. The van der Waals surface area contributed by atoms with Gasteiger partial charge in [0, 0.05) is 25.2 Å². The fraction of sp³-hybridized carbons (Fsp3) is 0.667. The number of carbonyl (C=O) groups is 2. The number of hydrogen-bond acceptors (Lipinski definition) is 3. The van der Waals surface area contributed by atoms with Gasteiger partial charge in [-0.1, -0.05) is 58.0 Å². The summed E-state index contributed by atoms with van der Waals surface area (Å²) in [6.45, 7) is 15.6. The van der Waals surface area contributed by atoms with Crippen LogP contribution in [0, 0.1) is 17.8 Å². The van der Waals surface area contributed by atoms with Gasteiger partial charge in [0.2, 0.25) is 11.8 Å². The van der Waals surface area contributed by atoms with Gasteiger partial charge in [-0.05, 0) is 43.6 Å². The minimum Gasteiger partial charge on any atom is -0.352 e. The average Bonchev–Trinajstić information content (AvgIpc) is 2.64. The van der Waals surface area contributed by atoms with Gasteiger partial charge in [0.05, 0.1) is 6.42 Å². The topological polar surface area (TPSA) is 61.4 Å². The van der Waals surface area contributed by atoms with Gasteiger partial charge >= 0.3 is 0 Å². The van der Waals surface area contributed by atoms with E-state index in [0.29, 0.717) is 18.4 Å². The van der Waals surface area contributed by atoms with Gasteiger partial charge in [-0.3, -0.25) is 14.5 Å². The van der Waals surface area contributed by atoms with Crippen LogP contribution in [0.2, 0.25) is 0 Å². The summed E-state index contributed by atoms with van der Waals surface area (Å²) < 4.78 is 0. The molecule has 162 valence electrons. The van der Waals surface area contributed by atoms with E-state index in [9.17, 15) is 9.59 Å². The number of rotatable bonds is 8. The van der Waals surface area contributed by atoms with Crippen LogP contribution in [0.4, 0.5) is 0 Å². The van der Waals surface area contributed by atoms with E-state index in [1.807, 2.05) is 44.2 Å². The first kappa shape index (κ1) is 23.4. The van der Waals surface area contributed by atoms with Gasteiger partial charge in [0.25, 0.3) is 0 Å². The number of likely N-dealkylation sites (tertiary alicyclic amines) is 1. The van der Waals surface area contributed by atoms with Crippen molar-refractivity contribution in [3.05, 3.63) is 35.9 Å². The summed E-state index contributed by atoms with van der Waals surface area (Å²) in [7, 11) is 0. The van der Waals surface area contributed by atoms with E-state index in [-0.39, 0.29) is 29.7 Å². The van der Waals surface area contributed by atoms with Crippen molar-refractivity contribution in [2.24, 2.45) is 17.8 Å². The third-order valence-electron chi connectivity index (χ3n) is 5.89. The molecule has 1 saturated heterocycles. The second-order valence-corrected chi connectivity index (χ2v) is 9.83. The normalized spacial score (nSPS) is 21.6. The maximum atomic E-state index is 12.9. The Hall–Kier alpha value is -1.88. The summed E-state index contributed by atoms with van der Waals surface area (Å²) in [5.41, 5.74) is 0.830. The molecule has 1 aliphatic heterocycles. The molecule has 1 aromatic carbocycles. The lowest BCUT2D eigenvalue weighted by atomic mass is 9.88. The molecular formula is C24H39N3O2. The van der Waals surface area contributed by atoms with Crippen molar-refractivity contribution in [2.75, 3.05) is 19.6 Å². The van der Waals surface area contributed by atoms with Crippen molar-refractivity contribution >= 4 is 11.8 Å². The first-order valence-electron chi connectivity index (χ1n) is 10.9. The van der Waals surface area contributed by atoms with Gasteiger partial charge < -0.3 is 10.6 Å². The van der Waals surface area contributed by atoms with Crippen LogP contribution in [0.1, 0.15) is 53.5 Å². The second kappa shape index (κ2) is 10.2. The molecule has 0 bridgehead atoms. The van der Waals surface area contributed by atoms with Gasteiger partial charge in [0.15, 0.2) is 0 Å². The molecule has 5 heteroatoms. The maximum Gasteiger partial charge on any atom is 0.242 e. The van der Waals surface area contributed by atoms with E-state index >= 15 is 0 Å². The van der Waals surface area contributed by atoms with Crippen LogP contribution >= 0.6 is 0 Å². The number of amides is 2. The molecule has 29 heavy (non-hydrogen) atoms. The SMILES string of the molecule is CC1CC(C)CN(C(C)(C)CNC(=O)C(NC(=O)Cc2ccccc2)C(C)C)C1. The van der Waals surface area contributed by atoms with E-state index in [1.165, 1.54) is 6.42 Å². The van der Waals surface area contributed by atoms with Crippen LogP contribution in [0.25, 0.3) is 0 Å². The average molecular weight is 402 g/mol. The highest BCUT2D eigenvalue weighted by atomic mass is 16.2. The van der Waals surface area contributed by atoms with Gasteiger partial charge in [-0.15, -0.1) is 0 Å². The third kappa shape index (κ3) is 7.14. The van der Waals surface area contributed by atoms with Crippen LogP contribution in [0.15, 0.2) is 30.3 Å². The number of carbonyl (C=O) groups excluding carboxylic acids is 2. The van der Waals surface area contributed by atoms with Crippen LogP contribution in [-0.2, 0) is 16.0 Å². The number of nitrogens with one attached hydrogen (secondary N) is 2. The number of nitrogens with zero attached hydrogens (tertiary/aromatic N) is 1. The summed E-state index contributed by atoms with van der Waals surface area (Å²) >= 11 is 0. The van der Waals surface area contributed by atoms with Crippen molar-refractivity contribution in [3.63, 3.8) is 0 Å². The van der Waals surface area contributed by atoms with Crippen molar-refractivity contribution in [1.82, 2.24) is 15.5 Å². The van der Waals surface area contributed by atoms with E-state index in [2.05, 4.69) is 43.2 Å². The molecule has 2 rings (SSSR count). The fourth-order valence-corrected chi connectivity index (χ4v) is 4.22. The van der Waals surface area contributed by atoms with Crippen LogP contribution < -0.4 is 10.6 Å². The molecule has 3 unspecified atom stereocenters. The van der Waals surface area contributed by atoms with Crippen LogP contribution in [0.3, 0.4) is 0 Å². The second-order valence-electron chi connectivity index (χ2n) is 9.83. The van der Waals surface area contributed by atoms with Gasteiger partial charge in [-0.25, -0.2) is 0 Å². The summed E-state index contributed by atoms with van der Waals surface area (Å²) in [5.74, 6) is 1.15. The van der Waals surface area contributed by atoms with E-state index in [0.717, 1.165) is 18.7 Å². The Balaban J connectivity index is 1.92. The van der Waals surface area contributed by atoms with Crippen molar-refractivity contribution < 1.29 is 9.59 Å². The van der Waals surface area contributed by atoms with Gasteiger partial charge in [0.1, 0.15) is 6.04 Å². The zero-order valence-electron chi connectivity index (χ0n) is 19.0. The Bertz CT molecular complexity index is 662. The molecule has 2 N–H and O–H groups in total. The largest absolute Gasteiger partial charge is 0.352 e. The van der Waals surface area contributed by atoms with Crippen molar-refractivity contribution in [2.45, 2.75) is 66.0 Å². The molecular weight excluding hydrogens is 362 g/mol. The van der Waals surface area contributed by atoms with Crippen molar-refractivity contribution in [3.8, 4) is 0 Å². The maximum absolute atomic E-state index is 12.9. The Morgan fingerprint density at radius 3 is 2.24 bits per heavy atom. The lowest BCUT2D eigenvalue weighted by Crippen LogP contribution is -2.58. The van der Waals surface area contributed by atoms with E-state index < -0.39 is 6.04 Å². The Kier molecular flexibility index (Phi) is 8.26. The quantitative estimate of drug-likeness (QED) is 0.703. The van der Waals surface area contributed by atoms with E-state index in [1.54, 1.807) is 0 Å². The summed E-state index contributed by atoms with van der Waals surface area (Å²) in [6, 6.07) is 9.08. The summed E-state index contributed by atoms with van der Waals surface area (Å²) in [4.78, 5) is 27.8. The summed E-state index contributed by atoms with van der Waals surface area (Å²) in [5, 5.41) is 6.04. The smallest absolute Gasteiger partial charge is 0.242 e. The molecule has 0 spiro atoms. The number of piperidine rings is 1. The Morgan fingerprint density at radius 1 is 1.10 bits per heavy atom. The fourth-order valence-electron chi connectivity index (χ4n) is 4.22. The minimum atomic E-state index is -0.527. The van der Waals surface area contributed by atoms with Crippen LogP contribution in [0.5, 0.6) is 0 Å². The molecule has 2 amide bonds. The van der Waals surface area contributed by atoms with E-state index in [4.69, 9.17) is 0 Å². The molecule has 0 aromatic heterocycles. The lowest BCUT2D eigenvalue weighted by Gasteiger charge is -2.45. The van der Waals surface area contributed by atoms with Crippen LogP contribution in [-0.4, -0.2) is 47.9 Å². The lowest BCUT2D eigenvalue weighted by molar-refractivity contribution is -0.130. The predicted molar refractivity (Wildman–Crippen MR) is 119 cm³/mol. The molecule has 3 atom stereocenters. The minimum absolute atomic E-state index is 0.0212. The first-order valence-corrected chi connectivity index (χ1v) is 10.9. The van der Waals surface area contributed by atoms with Gasteiger partial charge in [-0.2, -0.15) is 0 Å². The van der Waals surface area contributed by atoms with Crippen molar-refractivity contribution in [1.29, 1.82) is 0 Å². The first-order chi connectivity index (χ1) is 13.6. The highest BCUT2D eigenvalue weighted by Crippen LogP contribution is 2.26. The predicted octanol–water partition coefficient (Wildman–Crippen LogP) is 3.24. The number of hydrogen-bond donors (Lipinski definition) is 2. The third-order valence-corrected chi connectivity index (χ3v) is 5.89. The number of benzene rings is 1.